The quantitative estimate of drug-likeness (QED) is 0.496. The maximum atomic E-state index is 11.4. The highest BCUT2D eigenvalue weighted by atomic mass is 32.2. The van der Waals surface area contributed by atoms with Crippen LogP contribution in [-0.2, 0) is 15.3 Å². The predicted octanol–water partition coefficient (Wildman–Crippen LogP) is 4.05. The second kappa shape index (κ2) is 7.55. The summed E-state index contributed by atoms with van der Waals surface area (Å²) in [5.74, 6) is -0.206. The van der Waals surface area contributed by atoms with E-state index in [-0.39, 0.29) is 5.57 Å². The summed E-state index contributed by atoms with van der Waals surface area (Å²) in [5, 5.41) is 9.31. The van der Waals surface area contributed by atoms with Gasteiger partial charge in [-0.25, -0.2) is 4.79 Å². The van der Waals surface area contributed by atoms with Gasteiger partial charge in [-0.15, -0.1) is 11.8 Å². The molecule has 0 aliphatic carbocycles. The lowest BCUT2D eigenvalue weighted by atomic mass is 10.1. The fraction of sp³-hybridized carbons (Fsp3) is 0.118. The topological polar surface area (TPSA) is 46.5 Å². The molecule has 0 spiro atoms. The van der Waals surface area contributed by atoms with Crippen molar-refractivity contribution >= 4 is 23.3 Å². The first-order chi connectivity index (χ1) is 10.2. The standard InChI is InChI=1S/C17H16O3S/c1-20-11-15(17(18)19)14-9-5-6-10-16(14)21-12-13-7-3-2-4-8-13/h2-11H,12H2,1H3,(H,18,19)/b15-11+. The zero-order chi connectivity index (χ0) is 15.1. The van der Waals surface area contributed by atoms with Gasteiger partial charge in [0.15, 0.2) is 0 Å². The van der Waals surface area contributed by atoms with Crippen LogP contribution in [0, 0.1) is 0 Å². The summed E-state index contributed by atoms with van der Waals surface area (Å²) in [6, 6.07) is 17.5. The first-order valence-electron chi connectivity index (χ1n) is 6.44. The molecule has 0 fully saturated rings. The van der Waals surface area contributed by atoms with E-state index in [0.29, 0.717) is 5.56 Å². The van der Waals surface area contributed by atoms with Crippen LogP contribution < -0.4 is 0 Å². The van der Waals surface area contributed by atoms with Gasteiger partial charge < -0.3 is 9.84 Å². The number of hydrogen-bond acceptors (Lipinski definition) is 3. The van der Waals surface area contributed by atoms with Crippen LogP contribution in [0.15, 0.2) is 65.8 Å². The maximum absolute atomic E-state index is 11.4. The molecule has 2 aromatic carbocycles. The van der Waals surface area contributed by atoms with Crippen molar-refractivity contribution in [1.29, 1.82) is 0 Å². The third-order valence-corrected chi connectivity index (χ3v) is 4.03. The third kappa shape index (κ3) is 4.13. The van der Waals surface area contributed by atoms with Crippen LogP contribution in [0.4, 0.5) is 0 Å². The maximum Gasteiger partial charge on any atom is 0.339 e. The fourth-order valence-electron chi connectivity index (χ4n) is 1.90. The summed E-state index contributed by atoms with van der Waals surface area (Å²) < 4.78 is 4.89. The van der Waals surface area contributed by atoms with Crippen LogP contribution in [0.2, 0.25) is 0 Å². The lowest BCUT2D eigenvalue weighted by Crippen LogP contribution is -2.01. The lowest BCUT2D eigenvalue weighted by Gasteiger charge is -2.09. The molecule has 0 saturated heterocycles. The Kier molecular flexibility index (Phi) is 5.46. The van der Waals surface area contributed by atoms with Crippen molar-refractivity contribution in [3.8, 4) is 0 Å². The zero-order valence-electron chi connectivity index (χ0n) is 11.7. The van der Waals surface area contributed by atoms with E-state index in [4.69, 9.17) is 4.74 Å². The van der Waals surface area contributed by atoms with Gasteiger partial charge in [-0.05, 0) is 11.6 Å². The van der Waals surface area contributed by atoms with Crippen molar-refractivity contribution in [3.63, 3.8) is 0 Å². The van der Waals surface area contributed by atoms with E-state index < -0.39 is 5.97 Å². The molecular weight excluding hydrogens is 284 g/mol. The Balaban J connectivity index is 2.24. The van der Waals surface area contributed by atoms with Crippen molar-refractivity contribution in [2.45, 2.75) is 10.6 Å². The van der Waals surface area contributed by atoms with Crippen molar-refractivity contribution in [2.24, 2.45) is 0 Å². The zero-order valence-corrected chi connectivity index (χ0v) is 12.5. The summed E-state index contributed by atoms with van der Waals surface area (Å²) >= 11 is 1.61. The minimum atomic E-state index is -0.996. The Morgan fingerprint density at radius 1 is 1.14 bits per heavy atom. The molecule has 3 nitrogen and oxygen atoms in total. The predicted molar refractivity (Wildman–Crippen MR) is 85.1 cm³/mol. The minimum Gasteiger partial charge on any atom is -0.503 e. The van der Waals surface area contributed by atoms with E-state index in [1.54, 1.807) is 17.8 Å². The molecule has 0 unspecified atom stereocenters. The fourth-order valence-corrected chi connectivity index (χ4v) is 2.92. The molecule has 0 heterocycles. The van der Waals surface area contributed by atoms with Crippen molar-refractivity contribution < 1.29 is 14.6 Å². The highest BCUT2D eigenvalue weighted by Gasteiger charge is 2.15. The third-order valence-electron chi connectivity index (χ3n) is 2.88. The Morgan fingerprint density at radius 2 is 1.81 bits per heavy atom. The van der Waals surface area contributed by atoms with Gasteiger partial charge in [0.25, 0.3) is 0 Å². The molecule has 21 heavy (non-hydrogen) atoms. The number of methoxy groups -OCH3 is 1. The molecule has 2 aromatic rings. The van der Waals surface area contributed by atoms with E-state index in [2.05, 4.69) is 12.1 Å². The smallest absolute Gasteiger partial charge is 0.339 e. The Hall–Kier alpha value is -2.20. The molecular formula is C17H16O3S. The Bertz CT molecular complexity index is 635. The molecule has 108 valence electrons. The minimum absolute atomic E-state index is 0.161. The Labute approximate surface area is 128 Å². The average Bonchev–Trinajstić information content (AvgIpc) is 2.52. The van der Waals surface area contributed by atoms with E-state index >= 15 is 0 Å². The molecule has 0 radical (unpaired) electrons. The molecule has 2 rings (SSSR count). The number of carboxylic acids is 1. The molecule has 1 N–H and O–H groups in total. The van der Waals surface area contributed by atoms with E-state index in [9.17, 15) is 9.90 Å². The summed E-state index contributed by atoms with van der Waals surface area (Å²) in [6.45, 7) is 0. The van der Waals surface area contributed by atoms with Gasteiger partial charge in [0.1, 0.15) is 5.57 Å². The van der Waals surface area contributed by atoms with E-state index in [1.807, 2.05) is 36.4 Å². The van der Waals surface area contributed by atoms with Crippen molar-refractivity contribution in [1.82, 2.24) is 0 Å². The number of thioether (sulfide) groups is 1. The van der Waals surface area contributed by atoms with Gasteiger partial charge in [-0.2, -0.15) is 0 Å². The number of carboxylic acid groups (broad SMARTS) is 1. The second-order valence-electron chi connectivity index (χ2n) is 4.34. The van der Waals surface area contributed by atoms with Crippen LogP contribution in [0.25, 0.3) is 5.57 Å². The number of hydrogen-bond donors (Lipinski definition) is 1. The van der Waals surface area contributed by atoms with Gasteiger partial charge in [-0.1, -0.05) is 48.5 Å². The highest BCUT2D eigenvalue weighted by Crippen LogP contribution is 2.30. The van der Waals surface area contributed by atoms with Gasteiger partial charge in [0.2, 0.25) is 0 Å². The van der Waals surface area contributed by atoms with Crippen molar-refractivity contribution in [2.75, 3.05) is 7.11 Å². The first kappa shape index (κ1) is 15.2. The number of rotatable bonds is 6. The normalized spacial score (nSPS) is 11.2. The van der Waals surface area contributed by atoms with E-state index in [0.717, 1.165) is 10.6 Å². The number of carbonyl (C=O) groups is 1. The van der Waals surface area contributed by atoms with Crippen molar-refractivity contribution in [3.05, 3.63) is 72.0 Å². The van der Waals surface area contributed by atoms with Gasteiger partial charge >= 0.3 is 5.97 Å². The van der Waals surface area contributed by atoms with Gasteiger partial charge in [0.05, 0.1) is 13.4 Å². The summed E-state index contributed by atoms with van der Waals surface area (Å²) in [5.41, 5.74) is 2.03. The van der Waals surface area contributed by atoms with Crippen LogP contribution in [0.1, 0.15) is 11.1 Å². The van der Waals surface area contributed by atoms with Gasteiger partial charge in [-0.3, -0.25) is 0 Å². The number of aliphatic carboxylic acids is 1. The average molecular weight is 300 g/mol. The van der Waals surface area contributed by atoms with Gasteiger partial charge in [0, 0.05) is 16.2 Å². The molecule has 0 aliphatic heterocycles. The number of benzene rings is 2. The molecule has 0 amide bonds. The molecule has 0 aliphatic rings. The highest BCUT2D eigenvalue weighted by molar-refractivity contribution is 7.98. The lowest BCUT2D eigenvalue weighted by molar-refractivity contribution is -0.130. The van der Waals surface area contributed by atoms with E-state index in [1.165, 1.54) is 18.9 Å². The molecule has 4 heteroatoms. The summed E-state index contributed by atoms with van der Waals surface area (Å²) in [7, 11) is 1.45. The van der Waals surface area contributed by atoms with Crippen LogP contribution >= 0.6 is 11.8 Å². The summed E-state index contributed by atoms with van der Waals surface area (Å²) in [4.78, 5) is 12.3. The van der Waals surface area contributed by atoms with Crippen LogP contribution in [-0.4, -0.2) is 18.2 Å². The molecule has 0 saturated carbocycles. The largest absolute Gasteiger partial charge is 0.503 e. The molecule has 0 aromatic heterocycles. The number of ether oxygens (including phenoxy) is 1. The second-order valence-corrected chi connectivity index (χ2v) is 5.36. The SMILES string of the molecule is CO/C=C(/C(=O)O)c1ccccc1SCc1ccccc1. The summed E-state index contributed by atoms with van der Waals surface area (Å²) in [6.07, 6.45) is 1.27. The Morgan fingerprint density at radius 3 is 2.48 bits per heavy atom. The molecule has 0 atom stereocenters. The molecule has 0 bridgehead atoms. The first-order valence-corrected chi connectivity index (χ1v) is 7.43. The monoisotopic (exact) mass is 300 g/mol. The van der Waals surface area contributed by atoms with Crippen LogP contribution in [0.3, 0.4) is 0 Å². The van der Waals surface area contributed by atoms with Crippen LogP contribution in [0.5, 0.6) is 0 Å².